The molecular weight excluding hydrogens is 379 g/mol. The van der Waals surface area contributed by atoms with Gasteiger partial charge in [0.2, 0.25) is 5.95 Å². The summed E-state index contributed by atoms with van der Waals surface area (Å²) in [5.74, 6) is 1.76. The van der Waals surface area contributed by atoms with Crippen LogP contribution >= 0.6 is 0 Å². The van der Waals surface area contributed by atoms with Crippen LogP contribution < -0.4 is 15.5 Å². The van der Waals surface area contributed by atoms with Crippen molar-refractivity contribution < 1.29 is 4.39 Å². The topological polar surface area (TPSA) is 76.9 Å². The van der Waals surface area contributed by atoms with E-state index in [0.29, 0.717) is 17.7 Å². The highest BCUT2D eigenvalue weighted by Gasteiger charge is 2.25. The van der Waals surface area contributed by atoms with Gasteiger partial charge in [0.05, 0.1) is 5.56 Å². The molecule has 2 N–H and O–H groups in total. The normalized spacial score (nSPS) is 18.8. The van der Waals surface area contributed by atoms with E-state index in [1.165, 1.54) is 31.4 Å². The second kappa shape index (κ2) is 9.40. The van der Waals surface area contributed by atoms with Gasteiger partial charge in [-0.05, 0) is 62.8 Å². The van der Waals surface area contributed by atoms with Crippen LogP contribution in [0, 0.1) is 23.1 Å². The molecule has 2 fully saturated rings. The maximum atomic E-state index is 13.6. The maximum absolute atomic E-state index is 13.6. The van der Waals surface area contributed by atoms with Crippen molar-refractivity contribution in [2.45, 2.75) is 51.5 Å². The molecule has 0 spiro atoms. The number of hydrogen-bond acceptors (Lipinski definition) is 6. The van der Waals surface area contributed by atoms with Gasteiger partial charge in [0.1, 0.15) is 17.7 Å². The molecule has 158 valence electrons. The summed E-state index contributed by atoms with van der Waals surface area (Å²) < 4.78 is 13.6. The Hall–Kier alpha value is -2.72. The summed E-state index contributed by atoms with van der Waals surface area (Å²) >= 11 is 0. The quantitative estimate of drug-likeness (QED) is 0.683. The van der Waals surface area contributed by atoms with Gasteiger partial charge in [0.15, 0.2) is 0 Å². The first kappa shape index (κ1) is 20.5. The minimum absolute atomic E-state index is 0.00513. The van der Waals surface area contributed by atoms with E-state index in [0.717, 1.165) is 56.3 Å². The van der Waals surface area contributed by atoms with Crippen LogP contribution in [0.3, 0.4) is 0 Å². The van der Waals surface area contributed by atoms with Crippen molar-refractivity contribution in [2.75, 3.05) is 29.9 Å². The number of piperidine rings is 1. The van der Waals surface area contributed by atoms with E-state index >= 15 is 0 Å². The molecule has 7 heteroatoms. The molecule has 0 bridgehead atoms. The molecule has 4 rings (SSSR count). The molecule has 1 aromatic carbocycles. The fourth-order valence-corrected chi connectivity index (χ4v) is 3.91. The highest BCUT2D eigenvalue weighted by molar-refractivity contribution is 5.58. The summed E-state index contributed by atoms with van der Waals surface area (Å²) in [6, 6.07) is 8.84. The van der Waals surface area contributed by atoms with Gasteiger partial charge < -0.3 is 15.5 Å². The third kappa shape index (κ3) is 5.25. The Balaban J connectivity index is 1.52. The minimum Gasteiger partial charge on any atom is -0.355 e. The molecule has 0 radical (unpaired) electrons. The third-order valence-corrected chi connectivity index (χ3v) is 5.75. The summed E-state index contributed by atoms with van der Waals surface area (Å²) in [6.45, 7) is 5.19. The summed E-state index contributed by atoms with van der Waals surface area (Å²) in [4.78, 5) is 11.7. The molecule has 0 unspecified atom stereocenters. The molecule has 2 aromatic rings. The predicted molar refractivity (Wildman–Crippen MR) is 116 cm³/mol. The number of nitriles is 1. The first-order chi connectivity index (χ1) is 14.6. The SMILES string of the molecule is CCCc1cc(N2CCC[C@@H](NCC3CC3)C2)nc(Nc2ccc(F)c(C#N)c2)n1. The number of benzene rings is 1. The second-order valence-corrected chi connectivity index (χ2v) is 8.36. The second-order valence-electron chi connectivity index (χ2n) is 8.36. The van der Waals surface area contributed by atoms with Gasteiger partial charge in [-0.15, -0.1) is 0 Å². The summed E-state index contributed by atoms with van der Waals surface area (Å²) in [7, 11) is 0. The molecule has 0 amide bonds. The van der Waals surface area contributed by atoms with Gasteiger partial charge in [-0.25, -0.2) is 9.37 Å². The van der Waals surface area contributed by atoms with Gasteiger partial charge in [-0.2, -0.15) is 10.2 Å². The Morgan fingerprint density at radius 2 is 2.10 bits per heavy atom. The molecule has 1 aliphatic heterocycles. The van der Waals surface area contributed by atoms with Gasteiger partial charge in [0.25, 0.3) is 0 Å². The number of hydrogen-bond donors (Lipinski definition) is 2. The van der Waals surface area contributed by atoms with Crippen LogP contribution in [-0.2, 0) is 6.42 Å². The molecule has 1 aromatic heterocycles. The monoisotopic (exact) mass is 408 g/mol. The van der Waals surface area contributed by atoms with Crippen LogP contribution in [0.25, 0.3) is 0 Å². The van der Waals surface area contributed by atoms with Crippen molar-refractivity contribution in [3.8, 4) is 6.07 Å². The van der Waals surface area contributed by atoms with Gasteiger partial charge in [0, 0.05) is 36.6 Å². The van der Waals surface area contributed by atoms with Crippen LogP contribution in [0.4, 0.5) is 21.8 Å². The molecule has 6 nitrogen and oxygen atoms in total. The van der Waals surface area contributed by atoms with Gasteiger partial charge in [-0.1, -0.05) is 13.3 Å². The number of halogens is 1. The van der Waals surface area contributed by atoms with Crippen LogP contribution in [0.1, 0.15) is 50.3 Å². The average Bonchev–Trinajstić information content (AvgIpc) is 3.58. The number of nitrogens with one attached hydrogen (secondary N) is 2. The smallest absolute Gasteiger partial charge is 0.229 e. The van der Waals surface area contributed by atoms with Gasteiger partial charge in [-0.3, -0.25) is 0 Å². The van der Waals surface area contributed by atoms with E-state index < -0.39 is 5.82 Å². The zero-order valence-electron chi connectivity index (χ0n) is 17.5. The summed E-state index contributed by atoms with van der Waals surface area (Å²) in [5.41, 5.74) is 1.60. The average molecular weight is 409 g/mol. The molecule has 2 aliphatic rings. The van der Waals surface area contributed by atoms with Crippen LogP contribution in [0.15, 0.2) is 24.3 Å². The first-order valence-corrected chi connectivity index (χ1v) is 11.0. The first-order valence-electron chi connectivity index (χ1n) is 11.0. The fraction of sp³-hybridized carbons (Fsp3) is 0.522. The molecule has 1 atom stereocenters. The molecule has 1 saturated carbocycles. The van der Waals surface area contributed by atoms with Crippen molar-refractivity contribution in [2.24, 2.45) is 5.92 Å². The lowest BCUT2D eigenvalue weighted by molar-refractivity contribution is 0.414. The van der Waals surface area contributed by atoms with E-state index in [4.69, 9.17) is 10.2 Å². The largest absolute Gasteiger partial charge is 0.355 e. The lowest BCUT2D eigenvalue weighted by Gasteiger charge is -2.34. The zero-order chi connectivity index (χ0) is 20.9. The molecule has 2 heterocycles. The van der Waals surface area contributed by atoms with Crippen LogP contribution in [0.2, 0.25) is 0 Å². The zero-order valence-corrected chi connectivity index (χ0v) is 17.5. The number of rotatable bonds is 8. The van der Waals surface area contributed by atoms with Crippen molar-refractivity contribution in [3.05, 3.63) is 41.3 Å². The Kier molecular flexibility index (Phi) is 6.44. The Morgan fingerprint density at radius 3 is 2.87 bits per heavy atom. The summed E-state index contributed by atoms with van der Waals surface area (Å²) in [5, 5.41) is 16.0. The lowest BCUT2D eigenvalue weighted by atomic mass is 10.1. The molecule has 1 saturated heterocycles. The van der Waals surface area contributed by atoms with Crippen molar-refractivity contribution in [1.82, 2.24) is 15.3 Å². The molecule has 30 heavy (non-hydrogen) atoms. The highest BCUT2D eigenvalue weighted by Crippen LogP contribution is 2.28. The minimum atomic E-state index is -0.526. The van der Waals surface area contributed by atoms with E-state index in [2.05, 4.69) is 33.5 Å². The number of aryl methyl sites for hydroxylation is 1. The number of anilines is 3. The molecular formula is C23H29FN6. The maximum Gasteiger partial charge on any atom is 0.229 e. The van der Waals surface area contributed by atoms with E-state index in [1.807, 2.05) is 6.07 Å². The van der Waals surface area contributed by atoms with Crippen molar-refractivity contribution >= 4 is 17.5 Å². The lowest BCUT2D eigenvalue weighted by Crippen LogP contribution is -2.46. The van der Waals surface area contributed by atoms with Crippen molar-refractivity contribution in [3.63, 3.8) is 0 Å². The Morgan fingerprint density at radius 1 is 1.23 bits per heavy atom. The fourth-order valence-electron chi connectivity index (χ4n) is 3.91. The molecule has 1 aliphatic carbocycles. The van der Waals surface area contributed by atoms with Crippen LogP contribution in [-0.4, -0.2) is 35.6 Å². The third-order valence-electron chi connectivity index (χ3n) is 5.75. The van der Waals surface area contributed by atoms with Gasteiger partial charge >= 0.3 is 0 Å². The van der Waals surface area contributed by atoms with E-state index in [9.17, 15) is 4.39 Å². The summed E-state index contributed by atoms with van der Waals surface area (Å²) in [6.07, 6.45) is 6.93. The Bertz CT molecular complexity index is 920. The van der Waals surface area contributed by atoms with E-state index in [-0.39, 0.29) is 5.56 Å². The number of nitrogens with zero attached hydrogens (tertiary/aromatic N) is 4. The predicted octanol–water partition coefficient (Wildman–Crippen LogP) is 4.15. The highest BCUT2D eigenvalue weighted by atomic mass is 19.1. The van der Waals surface area contributed by atoms with Crippen LogP contribution in [0.5, 0.6) is 0 Å². The van der Waals surface area contributed by atoms with E-state index in [1.54, 1.807) is 6.07 Å². The Labute approximate surface area is 177 Å². The van der Waals surface area contributed by atoms with Crippen molar-refractivity contribution in [1.29, 1.82) is 5.26 Å². The standard InChI is InChI=1S/C23H29FN6/c1-2-4-18-12-22(30-10-3-5-20(15-30)26-14-16-6-7-16)29-23(27-18)28-19-8-9-21(24)17(11-19)13-25/h8-9,11-12,16,20,26H,2-7,10,14-15H2,1H3,(H,27,28,29)/t20-/m1/s1. The number of aromatic nitrogens is 2.